The van der Waals surface area contributed by atoms with Crippen molar-refractivity contribution in [3.63, 3.8) is 0 Å². The SMILES string of the molecule is CC[C@H](C)OCc1nn([C@@H](C)CC)cc1Cl. The molecule has 0 amide bonds. The predicted octanol–water partition coefficient (Wildman–Crippen LogP) is 3.82. The zero-order chi connectivity index (χ0) is 12.1. The van der Waals surface area contributed by atoms with Crippen molar-refractivity contribution < 1.29 is 4.74 Å². The first-order valence-corrected chi connectivity index (χ1v) is 6.31. The summed E-state index contributed by atoms with van der Waals surface area (Å²) in [7, 11) is 0. The fraction of sp³-hybridized carbons (Fsp3) is 0.750. The van der Waals surface area contributed by atoms with Crippen LogP contribution in [0.4, 0.5) is 0 Å². The molecule has 0 fully saturated rings. The Kier molecular flexibility index (Phi) is 5.29. The molecule has 0 spiro atoms. The second kappa shape index (κ2) is 6.26. The van der Waals surface area contributed by atoms with Gasteiger partial charge in [0.1, 0.15) is 5.69 Å². The van der Waals surface area contributed by atoms with Crippen molar-refractivity contribution in [2.45, 2.75) is 59.3 Å². The Labute approximate surface area is 103 Å². The predicted molar refractivity (Wildman–Crippen MR) is 66.8 cm³/mol. The first-order valence-electron chi connectivity index (χ1n) is 5.93. The lowest BCUT2D eigenvalue weighted by Gasteiger charge is -2.10. The van der Waals surface area contributed by atoms with E-state index in [4.69, 9.17) is 16.3 Å². The molecule has 0 unspecified atom stereocenters. The van der Waals surface area contributed by atoms with E-state index in [1.54, 1.807) is 0 Å². The van der Waals surface area contributed by atoms with Crippen molar-refractivity contribution in [2.24, 2.45) is 0 Å². The summed E-state index contributed by atoms with van der Waals surface area (Å²) in [6, 6.07) is 0.384. The minimum Gasteiger partial charge on any atom is -0.372 e. The third-order valence-corrected chi connectivity index (χ3v) is 3.20. The Morgan fingerprint density at radius 2 is 2.06 bits per heavy atom. The average molecular weight is 245 g/mol. The van der Waals surface area contributed by atoms with Crippen LogP contribution in [0.5, 0.6) is 0 Å². The Hall–Kier alpha value is -0.540. The van der Waals surface area contributed by atoms with Gasteiger partial charge in [0.15, 0.2) is 0 Å². The second-order valence-electron chi connectivity index (χ2n) is 4.19. The highest BCUT2D eigenvalue weighted by atomic mass is 35.5. The summed E-state index contributed by atoms with van der Waals surface area (Å²) in [4.78, 5) is 0. The molecular weight excluding hydrogens is 224 g/mol. The highest BCUT2D eigenvalue weighted by Crippen LogP contribution is 2.19. The number of hydrogen-bond donors (Lipinski definition) is 0. The number of nitrogens with zero attached hydrogens (tertiary/aromatic N) is 2. The molecule has 0 aliphatic carbocycles. The number of ether oxygens (including phenoxy) is 1. The van der Waals surface area contributed by atoms with Crippen LogP contribution in [0, 0.1) is 0 Å². The zero-order valence-corrected chi connectivity index (χ0v) is 11.3. The smallest absolute Gasteiger partial charge is 0.107 e. The van der Waals surface area contributed by atoms with E-state index in [0.29, 0.717) is 17.7 Å². The Morgan fingerprint density at radius 3 is 2.62 bits per heavy atom. The minimum atomic E-state index is 0.254. The summed E-state index contributed by atoms with van der Waals surface area (Å²) in [6.45, 7) is 8.92. The van der Waals surface area contributed by atoms with Gasteiger partial charge in [0.05, 0.1) is 17.7 Å². The van der Waals surface area contributed by atoms with E-state index in [1.807, 2.05) is 10.9 Å². The molecule has 0 aliphatic heterocycles. The fourth-order valence-corrected chi connectivity index (χ4v) is 1.45. The molecule has 1 heterocycles. The number of rotatable bonds is 6. The summed E-state index contributed by atoms with van der Waals surface area (Å²) >= 11 is 6.11. The van der Waals surface area contributed by atoms with Crippen LogP contribution >= 0.6 is 11.6 Å². The van der Waals surface area contributed by atoms with Crippen LogP contribution in [0.3, 0.4) is 0 Å². The average Bonchev–Trinajstić information content (AvgIpc) is 2.66. The standard InChI is InChI=1S/C12H21ClN2O/c1-5-9(3)15-7-11(13)12(14-15)8-16-10(4)6-2/h7,9-10H,5-6,8H2,1-4H3/t9-,10-/m0/s1. The Bertz CT molecular complexity index is 325. The van der Waals surface area contributed by atoms with Crippen molar-refractivity contribution in [2.75, 3.05) is 0 Å². The van der Waals surface area contributed by atoms with Crippen molar-refractivity contribution in [3.05, 3.63) is 16.9 Å². The molecule has 0 bridgehead atoms. The quantitative estimate of drug-likeness (QED) is 0.761. The normalized spacial score (nSPS) is 15.1. The molecule has 92 valence electrons. The number of halogens is 1. The van der Waals surface area contributed by atoms with Gasteiger partial charge in [-0.25, -0.2) is 0 Å². The van der Waals surface area contributed by atoms with E-state index in [0.717, 1.165) is 18.5 Å². The molecule has 16 heavy (non-hydrogen) atoms. The molecule has 0 aliphatic rings. The molecule has 1 aromatic rings. The molecule has 0 aromatic carbocycles. The maximum Gasteiger partial charge on any atom is 0.107 e. The van der Waals surface area contributed by atoms with Crippen molar-refractivity contribution in [1.82, 2.24) is 9.78 Å². The van der Waals surface area contributed by atoms with Crippen LogP contribution in [-0.2, 0) is 11.3 Å². The van der Waals surface area contributed by atoms with Crippen molar-refractivity contribution in [1.29, 1.82) is 0 Å². The maximum absolute atomic E-state index is 6.11. The second-order valence-corrected chi connectivity index (χ2v) is 4.60. The van der Waals surface area contributed by atoms with Gasteiger partial charge < -0.3 is 4.74 Å². The van der Waals surface area contributed by atoms with Crippen molar-refractivity contribution in [3.8, 4) is 0 Å². The van der Waals surface area contributed by atoms with E-state index in [-0.39, 0.29) is 6.10 Å². The van der Waals surface area contributed by atoms with Crippen LogP contribution in [0.2, 0.25) is 5.02 Å². The van der Waals surface area contributed by atoms with Gasteiger partial charge in [-0.1, -0.05) is 25.4 Å². The molecule has 1 rings (SSSR count). The van der Waals surface area contributed by atoms with E-state index < -0.39 is 0 Å². The minimum absolute atomic E-state index is 0.254. The summed E-state index contributed by atoms with van der Waals surface area (Å²) in [5.41, 5.74) is 0.835. The fourth-order valence-electron chi connectivity index (χ4n) is 1.26. The molecule has 0 saturated carbocycles. The van der Waals surface area contributed by atoms with Crippen LogP contribution in [0.15, 0.2) is 6.20 Å². The van der Waals surface area contributed by atoms with Gasteiger partial charge >= 0.3 is 0 Å². The van der Waals surface area contributed by atoms with Gasteiger partial charge in [-0.2, -0.15) is 5.10 Å². The van der Waals surface area contributed by atoms with Gasteiger partial charge in [0.25, 0.3) is 0 Å². The summed E-state index contributed by atoms with van der Waals surface area (Å²) in [5.74, 6) is 0. The lowest BCUT2D eigenvalue weighted by Crippen LogP contribution is -2.08. The van der Waals surface area contributed by atoms with E-state index in [1.165, 1.54) is 0 Å². The molecule has 0 saturated heterocycles. The van der Waals surface area contributed by atoms with E-state index >= 15 is 0 Å². The molecule has 1 aromatic heterocycles. The molecule has 3 nitrogen and oxygen atoms in total. The first-order chi connectivity index (χ1) is 7.58. The highest BCUT2D eigenvalue weighted by molar-refractivity contribution is 6.31. The monoisotopic (exact) mass is 244 g/mol. The molecule has 2 atom stereocenters. The number of aromatic nitrogens is 2. The molecule has 4 heteroatoms. The van der Waals surface area contributed by atoms with Crippen LogP contribution in [0.1, 0.15) is 52.3 Å². The Balaban J connectivity index is 2.63. The molecule has 0 radical (unpaired) electrons. The Morgan fingerprint density at radius 1 is 1.38 bits per heavy atom. The highest BCUT2D eigenvalue weighted by Gasteiger charge is 2.11. The number of hydrogen-bond acceptors (Lipinski definition) is 2. The van der Waals surface area contributed by atoms with Gasteiger partial charge in [0.2, 0.25) is 0 Å². The zero-order valence-electron chi connectivity index (χ0n) is 10.5. The van der Waals surface area contributed by atoms with E-state index in [2.05, 4.69) is 32.8 Å². The largest absolute Gasteiger partial charge is 0.372 e. The van der Waals surface area contributed by atoms with Crippen LogP contribution < -0.4 is 0 Å². The van der Waals surface area contributed by atoms with Gasteiger partial charge in [-0.15, -0.1) is 0 Å². The lowest BCUT2D eigenvalue weighted by molar-refractivity contribution is 0.0485. The summed E-state index contributed by atoms with van der Waals surface area (Å²) in [5, 5.41) is 5.14. The topological polar surface area (TPSA) is 27.1 Å². The van der Waals surface area contributed by atoms with Crippen molar-refractivity contribution >= 4 is 11.6 Å². The van der Waals surface area contributed by atoms with Crippen LogP contribution in [0.25, 0.3) is 0 Å². The van der Waals surface area contributed by atoms with Gasteiger partial charge in [0, 0.05) is 12.2 Å². The molecule has 0 N–H and O–H groups in total. The maximum atomic E-state index is 6.11. The third kappa shape index (κ3) is 3.49. The van der Waals surface area contributed by atoms with E-state index in [9.17, 15) is 0 Å². The summed E-state index contributed by atoms with van der Waals surface area (Å²) in [6.07, 6.45) is 4.18. The lowest BCUT2D eigenvalue weighted by atomic mass is 10.3. The third-order valence-electron chi connectivity index (χ3n) is 2.88. The van der Waals surface area contributed by atoms with Gasteiger partial charge in [-0.3, -0.25) is 4.68 Å². The summed E-state index contributed by atoms with van der Waals surface area (Å²) < 4.78 is 7.54. The van der Waals surface area contributed by atoms with Gasteiger partial charge in [-0.05, 0) is 26.7 Å². The molecular formula is C12H21ClN2O. The van der Waals surface area contributed by atoms with Crippen LogP contribution in [-0.4, -0.2) is 15.9 Å². The first kappa shape index (κ1) is 13.5.